The van der Waals surface area contributed by atoms with Crippen LogP contribution in [-0.4, -0.2) is 24.9 Å². The van der Waals surface area contributed by atoms with Crippen molar-refractivity contribution in [2.24, 2.45) is 0 Å². The first kappa shape index (κ1) is 7.02. The summed E-state index contributed by atoms with van der Waals surface area (Å²) in [4.78, 5) is 7.63. The van der Waals surface area contributed by atoms with Crippen molar-refractivity contribution in [2.75, 3.05) is 0 Å². The summed E-state index contributed by atoms with van der Waals surface area (Å²) in [6.45, 7) is 2.64. The van der Waals surface area contributed by atoms with Gasteiger partial charge in [0, 0.05) is 6.54 Å². The Balaban J connectivity index is 2.83. The molecule has 0 saturated heterocycles. The van der Waals surface area contributed by atoms with Gasteiger partial charge in [0.25, 0.3) is 0 Å². The van der Waals surface area contributed by atoms with E-state index in [1.54, 1.807) is 10.9 Å². The van der Waals surface area contributed by atoms with E-state index in [2.05, 4.69) is 15.1 Å². The molecular formula is C7H8N4O. The molecule has 12 heavy (non-hydrogen) atoms. The molecule has 0 spiro atoms. The summed E-state index contributed by atoms with van der Waals surface area (Å²) < 4.78 is 1.66. The van der Waals surface area contributed by atoms with Gasteiger partial charge in [0.1, 0.15) is 17.4 Å². The fourth-order valence-electron chi connectivity index (χ4n) is 1.15. The molecule has 0 aliphatic carbocycles. The van der Waals surface area contributed by atoms with E-state index in [-0.39, 0.29) is 5.88 Å². The van der Waals surface area contributed by atoms with Gasteiger partial charge in [0.2, 0.25) is 5.88 Å². The smallest absolute Gasteiger partial charge is 0.240 e. The normalized spacial score (nSPS) is 10.8. The molecule has 1 N–H and O–H groups in total. The first-order valence-corrected chi connectivity index (χ1v) is 3.68. The molecule has 0 aliphatic heterocycles. The van der Waals surface area contributed by atoms with Crippen LogP contribution in [0, 0.1) is 0 Å². The zero-order valence-corrected chi connectivity index (χ0v) is 6.60. The third-order valence-corrected chi connectivity index (χ3v) is 1.71. The van der Waals surface area contributed by atoms with E-state index in [1.165, 1.54) is 6.33 Å². The fourth-order valence-corrected chi connectivity index (χ4v) is 1.15. The van der Waals surface area contributed by atoms with Crippen molar-refractivity contribution in [1.82, 2.24) is 19.7 Å². The Morgan fingerprint density at radius 3 is 3.08 bits per heavy atom. The Labute approximate surface area is 68.7 Å². The third kappa shape index (κ3) is 0.827. The Bertz CT molecular complexity index is 409. The van der Waals surface area contributed by atoms with Gasteiger partial charge in [0.15, 0.2) is 0 Å². The molecule has 2 aromatic heterocycles. The van der Waals surface area contributed by atoms with Crippen LogP contribution in [0.1, 0.15) is 6.92 Å². The second kappa shape index (κ2) is 2.44. The largest absolute Gasteiger partial charge is 0.492 e. The quantitative estimate of drug-likeness (QED) is 0.668. The van der Waals surface area contributed by atoms with E-state index < -0.39 is 0 Å². The number of aromatic nitrogens is 4. The SMILES string of the molecule is CCn1ncc2ncnc(O)c21. The maximum Gasteiger partial charge on any atom is 0.240 e. The summed E-state index contributed by atoms with van der Waals surface area (Å²) >= 11 is 0. The second-order valence-electron chi connectivity index (χ2n) is 2.39. The summed E-state index contributed by atoms with van der Waals surface area (Å²) in [5.74, 6) is -0.0145. The fraction of sp³-hybridized carbons (Fsp3) is 0.286. The zero-order valence-electron chi connectivity index (χ0n) is 6.60. The van der Waals surface area contributed by atoms with Crippen LogP contribution in [0.15, 0.2) is 12.5 Å². The van der Waals surface area contributed by atoms with Gasteiger partial charge >= 0.3 is 0 Å². The van der Waals surface area contributed by atoms with E-state index >= 15 is 0 Å². The molecular weight excluding hydrogens is 156 g/mol. The molecule has 0 bridgehead atoms. The molecule has 0 unspecified atom stereocenters. The molecule has 0 atom stereocenters. The molecule has 62 valence electrons. The molecule has 2 rings (SSSR count). The summed E-state index contributed by atoms with van der Waals surface area (Å²) in [6.07, 6.45) is 2.93. The minimum Gasteiger partial charge on any atom is -0.492 e. The van der Waals surface area contributed by atoms with Crippen LogP contribution in [0.2, 0.25) is 0 Å². The number of aromatic hydroxyl groups is 1. The lowest BCUT2D eigenvalue weighted by atomic mass is 10.4. The summed E-state index contributed by atoms with van der Waals surface area (Å²) in [5.41, 5.74) is 1.27. The number of aryl methyl sites for hydroxylation is 1. The number of hydrogen-bond donors (Lipinski definition) is 1. The molecule has 0 saturated carbocycles. The van der Waals surface area contributed by atoms with Gasteiger partial charge in [-0.2, -0.15) is 5.10 Å². The summed E-state index contributed by atoms with van der Waals surface area (Å²) in [5, 5.41) is 13.4. The number of rotatable bonds is 1. The van der Waals surface area contributed by atoms with Crippen LogP contribution in [0.4, 0.5) is 0 Å². The zero-order chi connectivity index (χ0) is 8.55. The Morgan fingerprint density at radius 1 is 1.50 bits per heavy atom. The molecule has 0 amide bonds. The van der Waals surface area contributed by atoms with Crippen LogP contribution in [0.3, 0.4) is 0 Å². The van der Waals surface area contributed by atoms with Crippen molar-refractivity contribution in [1.29, 1.82) is 0 Å². The molecule has 5 nitrogen and oxygen atoms in total. The topological polar surface area (TPSA) is 63.8 Å². The van der Waals surface area contributed by atoms with Gasteiger partial charge in [-0.25, -0.2) is 9.97 Å². The number of hydrogen-bond acceptors (Lipinski definition) is 4. The highest BCUT2D eigenvalue weighted by Crippen LogP contribution is 2.18. The van der Waals surface area contributed by atoms with Crippen LogP contribution in [0.25, 0.3) is 11.0 Å². The van der Waals surface area contributed by atoms with Crippen molar-refractivity contribution in [3.05, 3.63) is 12.5 Å². The number of nitrogens with zero attached hydrogens (tertiary/aromatic N) is 4. The lowest BCUT2D eigenvalue weighted by Gasteiger charge is -1.97. The van der Waals surface area contributed by atoms with Crippen molar-refractivity contribution < 1.29 is 5.11 Å². The van der Waals surface area contributed by atoms with Crippen LogP contribution in [0.5, 0.6) is 5.88 Å². The second-order valence-corrected chi connectivity index (χ2v) is 2.39. The van der Waals surface area contributed by atoms with Crippen molar-refractivity contribution >= 4 is 11.0 Å². The Morgan fingerprint density at radius 2 is 2.33 bits per heavy atom. The highest BCUT2D eigenvalue weighted by molar-refractivity contribution is 5.78. The molecule has 0 fully saturated rings. The van der Waals surface area contributed by atoms with Gasteiger partial charge in [0.05, 0.1) is 6.20 Å². The summed E-state index contributed by atoms with van der Waals surface area (Å²) in [7, 11) is 0. The molecule has 0 radical (unpaired) electrons. The summed E-state index contributed by atoms with van der Waals surface area (Å²) in [6, 6.07) is 0. The van der Waals surface area contributed by atoms with E-state index in [1.807, 2.05) is 6.92 Å². The van der Waals surface area contributed by atoms with E-state index in [9.17, 15) is 5.11 Å². The third-order valence-electron chi connectivity index (χ3n) is 1.71. The lowest BCUT2D eigenvalue weighted by Crippen LogP contribution is -1.96. The van der Waals surface area contributed by atoms with Crippen LogP contribution >= 0.6 is 0 Å². The molecule has 2 aromatic rings. The minimum atomic E-state index is -0.0145. The van der Waals surface area contributed by atoms with Crippen LogP contribution in [-0.2, 0) is 6.54 Å². The maximum atomic E-state index is 9.36. The standard InChI is InChI=1S/C7H8N4O/c1-2-11-6-5(3-10-11)8-4-9-7(6)12/h3-4H,2H2,1H3,(H,8,9,12). The monoisotopic (exact) mass is 164 g/mol. The Kier molecular flexibility index (Phi) is 1.43. The maximum absolute atomic E-state index is 9.36. The number of fused-ring (bicyclic) bond motifs is 1. The highest BCUT2D eigenvalue weighted by Gasteiger charge is 2.06. The first-order valence-electron chi connectivity index (χ1n) is 3.68. The Hall–Kier alpha value is -1.65. The van der Waals surface area contributed by atoms with E-state index in [0.29, 0.717) is 17.6 Å². The van der Waals surface area contributed by atoms with Crippen molar-refractivity contribution in [3.63, 3.8) is 0 Å². The van der Waals surface area contributed by atoms with Gasteiger partial charge in [-0.05, 0) is 6.92 Å². The van der Waals surface area contributed by atoms with E-state index in [0.717, 1.165) is 0 Å². The predicted octanol–water partition coefficient (Wildman–Crippen LogP) is 0.552. The van der Waals surface area contributed by atoms with Gasteiger partial charge in [-0.3, -0.25) is 4.68 Å². The lowest BCUT2D eigenvalue weighted by molar-refractivity contribution is 0.454. The minimum absolute atomic E-state index is 0.0145. The molecule has 0 aromatic carbocycles. The first-order chi connectivity index (χ1) is 5.83. The molecule has 5 heteroatoms. The average Bonchev–Trinajstić information content (AvgIpc) is 2.49. The average molecular weight is 164 g/mol. The van der Waals surface area contributed by atoms with Gasteiger partial charge in [-0.15, -0.1) is 0 Å². The molecule has 0 aliphatic rings. The van der Waals surface area contributed by atoms with Gasteiger partial charge < -0.3 is 5.11 Å². The van der Waals surface area contributed by atoms with Crippen molar-refractivity contribution in [2.45, 2.75) is 13.5 Å². The van der Waals surface area contributed by atoms with Gasteiger partial charge in [-0.1, -0.05) is 0 Å². The highest BCUT2D eigenvalue weighted by atomic mass is 16.3. The van der Waals surface area contributed by atoms with Crippen molar-refractivity contribution in [3.8, 4) is 5.88 Å². The predicted molar refractivity (Wildman–Crippen MR) is 42.7 cm³/mol. The molecule has 2 heterocycles. The van der Waals surface area contributed by atoms with Crippen LogP contribution < -0.4 is 0 Å². The van der Waals surface area contributed by atoms with E-state index in [4.69, 9.17) is 0 Å².